The van der Waals surface area contributed by atoms with E-state index >= 15 is 0 Å². The first-order valence-electron chi connectivity index (χ1n) is 5.60. The van der Waals surface area contributed by atoms with Gasteiger partial charge in [-0.05, 0) is 12.3 Å². The Morgan fingerprint density at radius 2 is 2.11 bits per heavy atom. The number of nitrogens with zero attached hydrogens (tertiary/aromatic N) is 1. The van der Waals surface area contributed by atoms with Gasteiger partial charge in [0.2, 0.25) is 11.8 Å². The number of nitrogens with two attached hydrogens (primary N) is 1. The third-order valence-corrected chi connectivity index (χ3v) is 2.26. The van der Waals surface area contributed by atoms with E-state index in [0.717, 1.165) is 0 Å². The minimum Gasteiger partial charge on any atom is -0.368 e. The van der Waals surface area contributed by atoms with Crippen LogP contribution < -0.4 is 16.7 Å². The van der Waals surface area contributed by atoms with Crippen molar-refractivity contribution >= 4 is 11.8 Å². The van der Waals surface area contributed by atoms with Gasteiger partial charge in [0, 0.05) is 0 Å². The molecule has 2 amide bonds. The fourth-order valence-electron chi connectivity index (χ4n) is 1.50. The van der Waals surface area contributed by atoms with Crippen LogP contribution in [0.15, 0.2) is 4.79 Å². The van der Waals surface area contributed by atoms with Gasteiger partial charge in [-0.1, -0.05) is 13.8 Å². The summed E-state index contributed by atoms with van der Waals surface area (Å²) >= 11 is 0. The molecule has 8 heteroatoms. The van der Waals surface area contributed by atoms with E-state index in [1.165, 1.54) is 0 Å². The zero-order chi connectivity index (χ0) is 13.7. The van der Waals surface area contributed by atoms with Crippen LogP contribution in [0.1, 0.15) is 26.1 Å². The molecule has 1 aromatic heterocycles. The minimum absolute atomic E-state index is 0.111. The predicted octanol–water partition coefficient (Wildman–Crippen LogP) is -1.34. The van der Waals surface area contributed by atoms with Crippen molar-refractivity contribution in [2.45, 2.75) is 32.7 Å². The van der Waals surface area contributed by atoms with E-state index in [9.17, 15) is 14.4 Å². The second kappa shape index (κ2) is 5.99. The normalized spacial score (nSPS) is 12.4. The molecule has 100 valence electrons. The summed E-state index contributed by atoms with van der Waals surface area (Å²) in [6.07, 6.45) is 0.360. The van der Waals surface area contributed by atoms with Crippen LogP contribution in [0.5, 0.6) is 0 Å². The fraction of sp³-hybridized carbons (Fsp3) is 0.600. The number of rotatable bonds is 6. The van der Waals surface area contributed by atoms with E-state index in [1.807, 2.05) is 13.8 Å². The van der Waals surface area contributed by atoms with E-state index in [2.05, 4.69) is 20.5 Å². The molecular weight excluding hydrogens is 238 g/mol. The molecule has 0 saturated carbocycles. The van der Waals surface area contributed by atoms with Crippen LogP contribution in [0.25, 0.3) is 0 Å². The van der Waals surface area contributed by atoms with E-state index in [0.29, 0.717) is 6.42 Å². The zero-order valence-corrected chi connectivity index (χ0v) is 10.3. The van der Waals surface area contributed by atoms with Crippen LogP contribution in [-0.4, -0.2) is 33.0 Å². The van der Waals surface area contributed by atoms with Gasteiger partial charge in [-0.3, -0.25) is 14.6 Å². The van der Waals surface area contributed by atoms with Crippen LogP contribution >= 0.6 is 0 Å². The highest BCUT2D eigenvalue weighted by atomic mass is 16.2. The topological polar surface area (TPSA) is 134 Å². The largest absolute Gasteiger partial charge is 0.368 e. The highest BCUT2D eigenvalue weighted by Gasteiger charge is 2.19. The first-order valence-corrected chi connectivity index (χ1v) is 5.60. The summed E-state index contributed by atoms with van der Waals surface area (Å²) in [6, 6.07) is -0.705. The summed E-state index contributed by atoms with van der Waals surface area (Å²) in [5.41, 5.74) is 4.72. The molecule has 1 atom stereocenters. The van der Waals surface area contributed by atoms with Crippen molar-refractivity contribution in [2.24, 2.45) is 11.7 Å². The second-order valence-electron chi connectivity index (χ2n) is 4.45. The van der Waals surface area contributed by atoms with Gasteiger partial charge in [-0.2, -0.15) is 5.10 Å². The average molecular weight is 255 g/mol. The Labute approximate surface area is 103 Å². The van der Waals surface area contributed by atoms with Crippen LogP contribution in [0.2, 0.25) is 0 Å². The summed E-state index contributed by atoms with van der Waals surface area (Å²) in [5.74, 6) is -0.548. The molecule has 0 radical (unpaired) electrons. The third kappa shape index (κ3) is 4.40. The predicted molar refractivity (Wildman–Crippen MR) is 63.5 cm³/mol. The van der Waals surface area contributed by atoms with Gasteiger partial charge in [0.25, 0.3) is 0 Å². The summed E-state index contributed by atoms with van der Waals surface area (Å²) in [4.78, 5) is 35.9. The van der Waals surface area contributed by atoms with Gasteiger partial charge in [0.15, 0.2) is 0 Å². The number of aromatic nitrogens is 3. The maximum Gasteiger partial charge on any atom is 0.340 e. The van der Waals surface area contributed by atoms with Crippen molar-refractivity contribution in [2.75, 3.05) is 0 Å². The number of aromatic amines is 2. The molecule has 0 bridgehead atoms. The molecule has 0 aliphatic heterocycles. The summed E-state index contributed by atoms with van der Waals surface area (Å²) in [5, 5.41) is 8.26. The quantitative estimate of drug-likeness (QED) is 0.500. The molecule has 0 saturated heterocycles. The summed E-state index contributed by atoms with van der Waals surface area (Å²) < 4.78 is 0. The number of carbonyl (C=O) groups is 2. The average Bonchev–Trinajstić information content (AvgIpc) is 2.62. The fourth-order valence-corrected chi connectivity index (χ4v) is 1.50. The molecule has 0 aliphatic carbocycles. The van der Waals surface area contributed by atoms with Gasteiger partial charge in [0.05, 0.1) is 6.42 Å². The van der Waals surface area contributed by atoms with Gasteiger partial charge < -0.3 is 11.1 Å². The monoisotopic (exact) mass is 255 g/mol. The van der Waals surface area contributed by atoms with Gasteiger partial charge in [0.1, 0.15) is 11.9 Å². The lowest BCUT2D eigenvalue weighted by molar-refractivity contribution is -0.127. The van der Waals surface area contributed by atoms with Crippen molar-refractivity contribution in [1.82, 2.24) is 20.5 Å². The van der Waals surface area contributed by atoms with E-state index in [4.69, 9.17) is 5.73 Å². The highest BCUT2D eigenvalue weighted by Crippen LogP contribution is 2.04. The van der Waals surface area contributed by atoms with E-state index < -0.39 is 23.5 Å². The van der Waals surface area contributed by atoms with Gasteiger partial charge >= 0.3 is 5.69 Å². The molecule has 1 aromatic rings. The molecule has 1 rings (SSSR count). The molecular formula is C10H17N5O3. The zero-order valence-electron chi connectivity index (χ0n) is 10.3. The summed E-state index contributed by atoms with van der Waals surface area (Å²) in [6.45, 7) is 3.85. The van der Waals surface area contributed by atoms with Crippen molar-refractivity contribution in [3.8, 4) is 0 Å². The number of H-pyrrole nitrogens is 2. The van der Waals surface area contributed by atoms with Crippen LogP contribution in [0, 0.1) is 5.92 Å². The lowest BCUT2D eigenvalue weighted by Crippen LogP contribution is -2.45. The Kier molecular flexibility index (Phi) is 4.64. The number of amides is 2. The molecule has 0 aliphatic rings. The lowest BCUT2D eigenvalue weighted by Gasteiger charge is -2.16. The maximum atomic E-state index is 11.6. The third-order valence-electron chi connectivity index (χ3n) is 2.26. The Morgan fingerprint density at radius 1 is 1.44 bits per heavy atom. The molecule has 18 heavy (non-hydrogen) atoms. The number of nitrogens with one attached hydrogen (secondary N) is 3. The number of primary amides is 1. The molecule has 0 aromatic carbocycles. The molecule has 0 spiro atoms. The van der Waals surface area contributed by atoms with Gasteiger partial charge in [-0.25, -0.2) is 9.89 Å². The van der Waals surface area contributed by atoms with Crippen molar-refractivity contribution < 1.29 is 9.59 Å². The highest BCUT2D eigenvalue weighted by molar-refractivity contribution is 5.87. The molecule has 0 fully saturated rings. The molecule has 8 nitrogen and oxygen atoms in total. The van der Waals surface area contributed by atoms with E-state index in [1.54, 1.807) is 0 Å². The van der Waals surface area contributed by atoms with Crippen molar-refractivity contribution in [3.05, 3.63) is 16.3 Å². The molecule has 0 unspecified atom stereocenters. The molecule has 1 heterocycles. The number of hydrogen-bond acceptors (Lipinski definition) is 4. The Morgan fingerprint density at radius 3 is 2.56 bits per heavy atom. The number of hydrogen-bond donors (Lipinski definition) is 4. The van der Waals surface area contributed by atoms with Crippen LogP contribution in [0.4, 0.5) is 0 Å². The smallest absolute Gasteiger partial charge is 0.340 e. The Bertz CT molecular complexity index is 476. The Hall–Kier alpha value is -2.12. The Balaban J connectivity index is 2.56. The van der Waals surface area contributed by atoms with E-state index in [-0.39, 0.29) is 18.2 Å². The lowest BCUT2D eigenvalue weighted by atomic mass is 10.0. The van der Waals surface area contributed by atoms with Crippen molar-refractivity contribution in [1.29, 1.82) is 0 Å². The first kappa shape index (κ1) is 13.9. The minimum atomic E-state index is -0.705. The number of carbonyl (C=O) groups excluding carboxylic acids is 2. The SMILES string of the molecule is CC(C)C[C@H](NC(=O)Cc1n[nH]c(=O)[nH]1)C(N)=O. The summed E-state index contributed by atoms with van der Waals surface area (Å²) in [7, 11) is 0. The second-order valence-corrected chi connectivity index (χ2v) is 4.45. The first-order chi connectivity index (χ1) is 8.38. The van der Waals surface area contributed by atoms with Crippen LogP contribution in [-0.2, 0) is 16.0 Å². The maximum absolute atomic E-state index is 11.6. The standard InChI is InChI=1S/C10H17N5O3/c1-5(2)3-6(9(11)17)12-8(16)4-7-13-10(18)15-14-7/h5-6H,3-4H2,1-2H3,(H2,11,17)(H,12,16)(H2,13,14,15,18)/t6-/m0/s1. The van der Waals surface area contributed by atoms with Crippen molar-refractivity contribution in [3.63, 3.8) is 0 Å². The van der Waals surface area contributed by atoms with Gasteiger partial charge in [-0.15, -0.1) is 0 Å². The molecule has 5 N–H and O–H groups in total. The van der Waals surface area contributed by atoms with Crippen LogP contribution in [0.3, 0.4) is 0 Å².